The summed E-state index contributed by atoms with van der Waals surface area (Å²) in [5, 5.41) is 3.64. The van der Waals surface area contributed by atoms with E-state index in [-0.39, 0.29) is 0 Å². The van der Waals surface area contributed by atoms with Crippen LogP contribution < -0.4 is 5.32 Å². The van der Waals surface area contributed by atoms with Gasteiger partial charge in [-0.05, 0) is 73.8 Å². The number of pyridine rings is 1. The van der Waals surface area contributed by atoms with Crippen LogP contribution in [-0.4, -0.2) is 11.5 Å². The van der Waals surface area contributed by atoms with E-state index >= 15 is 0 Å². The molecule has 18 heavy (non-hydrogen) atoms. The molecule has 0 aromatic carbocycles. The Balaban J connectivity index is 1.48. The van der Waals surface area contributed by atoms with Crippen LogP contribution in [-0.2, 0) is 0 Å². The number of rotatable bonds is 3. The van der Waals surface area contributed by atoms with E-state index in [0.29, 0.717) is 5.41 Å². The molecule has 2 heteroatoms. The molecule has 4 aliphatic carbocycles. The van der Waals surface area contributed by atoms with Crippen molar-refractivity contribution in [1.29, 1.82) is 0 Å². The molecule has 0 amide bonds. The molecule has 4 saturated carbocycles. The van der Waals surface area contributed by atoms with Crippen molar-refractivity contribution in [3.05, 3.63) is 24.5 Å². The lowest BCUT2D eigenvalue weighted by atomic mass is 9.49. The van der Waals surface area contributed by atoms with Crippen LogP contribution in [0.25, 0.3) is 0 Å². The lowest BCUT2D eigenvalue weighted by Crippen LogP contribution is -2.49. The van der Waals surface area contributed by atoms with Crippen LogP contribution >= 0.6 is 0 Å². The number of aromatic nitrogens is 1. The van der Waals surface area contributed by atoms with E-state index in [4.69, 9.17) is 0 Å². The van der Waals surface area contributed by atoms with E-state index in [0.717, 1.165) is 17.8 Å². The van der Waals surface area contributed by atoms with Gasteiger partial charge in [-0.3, -0.25) is 4.98 Å². The summed E-state index contributed by atoms with van der Waals surface area (Å²) in [4.78, 5) is 4.19. The second-order valence-corrected chi connectivity index (χ2v) is 7.01. The molecular formula is C16H22N2. The smallest absolute Gasteiger partial charge is 0.0526 e. The monoisotopic (exact) mass is 242 g/mol. The van der Waals surface area contributed by atoms with Gasteiger partial charge < -0.3 is 5.32 Å². The Morgan fingerprint density at radius 2 is 1.78 bits per heavy atom. The van der Waals surface area contributed by atoms with Crippen molar-refractivity contribution in [2.24, 2.45) is 23.2 Å². The number of hydrogen-bond donors (Lipinski definition) is 1. The van der Waals surface area contributed by atoms with Gasteiger partial charge in [0.1, 0.15) is 0 Å². The maximum absolute atomic E-state index is 4.19. The highest BCUT2D eigenvalue weighted by Crippen LogP contribution is 2.59. The van der Waals surface area contributed by atoms with Gasteiger partial charge in [0.15, 0.2) is 0 Å². The summed E-state index contributed by atoms with van der Waals surface area (Å²) in [6.07, 6.45) is 12.8. The average molecular weight is 242 g/mol. The van der Waals surface area contributed by atoms with E-state index in [9.17, 15) is 0 Å². The Morgan fingerprint density at radius 1 is 1.11 bits per heavy atom. The molecular weight excluding hydrogens is 220 g/mol. The normalized spacial score (nSPS) is 41.0. The zero-order valence-corrected chi connectivity index (χ0v) is 10.9. The van der Waals surface area contributed by atoms with Crippen molar-refractivity contribution in [2.45, 2.75) is 38.5 Å². The van der Waals surface area contributed by atoms with E-state index in [2.05, 4.69) is 16.4 Å². The van der Waals surface area contributed by atoms with Crippen LogP contribution in [0.15, 0.2) is 24.5 Å². The van der Waals surface area contributed by atoms with Gasteiger partial charge in [0.25, 0.3) is 0 Å². The largest absolute Gasteiger partial charge is 0.383 e. The summed E-state index contributed by atoms with van der Waals surface area (Å²) in [7, 11) is 0. The SMILES string of the molecule is c1cncc(NCC23CC4CC(CC(C4)C2)C3)c1. The first kappa shape index (κ1) is 10.8. The van der Waals surface area contributed by atoms with Crippen molar-refractivity contribution < 1.29 is 0 Å². The van der Waals surface area contributed by atoms with Gasteiger partial charge in [-0.25, -0.2) is 0 Å². The summed E-state index contributed by atoms with van der Waals surface area (Å²) in [5.74, 6) is 3.14. The topological polar surface area (TPSA) is 24.9 Å². The molecule has 1 aromatic heterocycles. The minimum absolute atomic E-state index is 0.616. The molecule has 0 unspecified atom stereocenters. The number of hydrogen-bond acceptors (Lipinski definition) is 2. The Labute approximate surface area is 109 Å². The molecule has 4 fully saturated rings. The Kier molecular flexibility index (Phi) is 2.39. The second-order valence-electron chi connectivity index (χ2n) is 7.01. The zero-order chi connectivity index (χ0) is 12.0. The minimum atomic E-state index is 0.616. The summed E-state index contributed by atoms with van der Waals surface area (Å²) >= 11 is 0. The van der Waals surface area contributed by atoms with E-state index in [1.165, 1.54) is 50.8 Å². The van der Waals surface area contributed by atoms with Crippen LogP contribution in [0.4, 0.5) is 5.69 Å². The molecule has 0 saturated heterocycles. The van der Waals surface area contributed by atoms with Crippen LogP contribution in [0.2, 0.25) is 0 Å². The third-order valence-electron chi connectivity index (χ3n) is 5.49. The maximum atomic E-state index is 4.19. The first-order valence-corrected chi connectivity index (χ1v) is 7.45. The Morgan fingerprint density at radius 3 is 2.33 bits per heavy atom. The molecule has 0 spiro atoms. The zero-order valence-electron chi connectivity index (χ0n) is 10.9. The van der Waals surface area contributed by atoms with Crippen molar-refractivity contribution in [2.75, 3.05) is 11.9 Å². The lowest BCUT2D eigenvalue weighted by Gasteiger charge is -2.57. The highest BCUT2D eigenvalue weighted by atomic mass is 14.9. The average Bonchev–Trinajstić information content (AvgIpc) is 2.36. The Hall–Kier alpha value is -1.05. The molecule has 96 valence electrons. The number of nitrogens with one attached hydrogen (secondary N) is 1. The molecule has 1 aromatic rings. The fraction of sp³-hybridized carbons (Fsp3) is 0.688. The van der Waals surface area contributed by atoms with Gasteiger partial charge in [-0.1, -0.05) is 0 Å². The molecule has 2 nitrogen and oxygen atoms in total. The van der Waals surface area contributed by atoms with Gasteiger partial charge >= 0.3 is 0 Å². The van der Waals surface area contributed by atoms with Crippen LogP contribution in [0, 0.1) is 23.2 Å². The molecule has 0 aliphatic heterocycles. The first-order valence-electron chi connectivity index (χ1n) is 7.45. The van der Waals surface area contributed by atoms with Crippen molar-refractivity contribution in [3.8, 4) is 0 Å². The van der Waals surface area contributed by atoms with Gasteiger partial charge in [0.05, 0.1) is 5.69 Å². The van der Waals surface area contributed by atoms with Crippen LogP contribution in [0.1, 0.15) is 38.5 Å². The van der Waals surface area contributed by atoms with Crippen molar-refractivity contribution in [3.63, 3.8) is 0 Å². The Bertz CT molecular complexity index is 391. The second kappa shape index (κ2) is 3.97. The minimum Gasteiger partial charge on any atom is -0.383 e. The predicted octanol–water partition coefficient (Wildman–Crippen LogP) is 3.71. The van der Waals surface area contributed by atoms with Crippen molar-refractivity contribution >= 4 is 5.69 Å². The molecule has 0 atom stereocenters. The third kappa shape index (κ3) is 1.82. The molecule has 4 aliphatic rings. The summed E-state index contributed by atoms with van der Waals surface area (Å²) in [5.41, 5.74) is 1.80. The highest BCUT2D eigenvalue weighted by Gasteiger charge is 2.50. The first-order chi connectivity index (χ1) is 8.81. The summed E-state index contributed by atoms with van der Waals surface area (Å²) < 4.78 is 0. The summed E-state index contributed by atoms with van der Waals surface area (Å²) in [6.45, 7) is 1.17. The number of anilines is 1. The van der Waals surface area contributed by atoms with E-state index in [1.807, 2.05) is 18.5 Å². The molecule has 1 N–H and O–H groups in total. The predicted molar refractivity (Wildman–Crippen MR) is 73.3 cm³/mol. The van der Waals surface area contributed by atoms with Crippen molar-refractivity contribution in [1.82, 2.24) is 4.98 Å². The molecule has 4 bridgehead atoms. The van der Waals surface area contributed by atoms with Gasteiger partial charge in [-0.15, -0.1) is 0 Å². The van der Waals surface area contributed by atoms with Crippen LogP contribution in [0.5, 0.6) is 0 Å². The number of nitrogens with zero attached hydrogens (tertiary/aromatic N) is 1. The van der Waals surface area contributed by atoms with Gasteiger partial charge in [0, 0.05) is 18.9 Å². The standard InChI is InChI=1S/C16H22N2/c1-2-15(10-17-3-1)18-11-16-7-12-4-13(8-16)6-14(5-12)9-16/h1-3,10,12-14,18H,4-9,11H2. The molecule has 1 heterocycles. The fourth-order valence-corrected chi connectivity index (χ4v) is 5.26. The van der Waals surface area contributed by atoms with Crippen LogP contribution in [0.3, 0.4) is 0 Å². The van der Waals surface area contributed by atoms with E-state index < -0.39 is 0 Å². The maximum Gasteiger partial charge on any atom is 0.0526 e. The van der Waals surface area contributed by atoms with E-state index in [1.54, 1.807) is 0 Å². The fourth-order valence-electron chi connectivity index (χ4n) is 5.26. The highest BCUT2D eigenvalue weighted by molar-refractivity contribution is 5.40. The summed E-state index contributed by atoms with van der Waals surface area (Å²) in [6, 6.07) is 4.15. The lowest BCUT2D eigenvalue weighted by molar-refractivity contribution is -0.0444. The quantitative estimate of drug-likeness (QED) is 0.874. The molecule has 0 radical (unpaired) electrons. The van der Waals surface area contributed by atoms with Gasteiger partial charge in [0.2, 0.25) is 0 Å². The van der Waals surface area contributed by atoms with Gasteiger partial charge in [-0.2, -0.15) is 0 Å². The third-order valence-corrected chi connectivity index (χ3v) is 5.49. The molecule has 5 rings (SSSR count).